The van der Waals surface area contributed by atoms with E-state index in [9.17, 15) is 9.59 Å². The van der Waals surface area contributed by atoms with Crippen LogP contribution < -0.4 is 34.4 Å². The van der Waals surface area contributed by atoms with E-state index in [-0.39, 0.29) is 50.8 Å². The fourth-order valence-corrected chi connectivity index (χ4v) is 2.31. The fraction of sp³-hybridized carbons (Fsp3) is 0.143. The summed E-state index contributed by atoms with van der Waals surface area (Å²) in [5, 5.41) is 0. The van der Waals surface area contributed by atoms with Gasteiger partial charge >= 0.3 is 0 Å². The number of carbonyl (C=O) groups is 2. The molecule has 22 heavy (non-hydrogen) atoms. The van der Waals surface area contributed by atoms with Crippen LogP contribution in [0.3, 0.4) is 0 Å². The maximum atomic E-state index is 12.7. The van der Waals surface area contributed by atoms with E-state index in [1.807, 2.05) is 0 Å². The molecular formula is C14H18N6O2. The molecule has 0 saturated heterocycles. The van der Waals surface area contributed by atoms with E-state index < -0.39 is 11.6 Å². The second-order valence-corrected chi connectivity index (χ2v) is 5.27. The summed E-state index contributed by atoms with van der Waals surface area (Å²) in [6.07, 6.45) is 0. The lowest BCUT2D eigenvalue weighted by molar-refractivity contribution is 0.0976. The molecule has 116 valence electrons. The van der Waals surface area contributed by atoms with E-state index in [0.29, 0.717) is 5.57 Å². The van der Waals surface area contributed by atoms with Crippen LogP contribution in [0.25, 0.3) is 0 Å². The number of Topliss-reactive ketones (excluding diaryl/α,β-unsaturated/α-hetero) is 2. The molecule has 1 aromatic rings. The van der Waals surface area contributed by atoms with Crippen molar-refractivity contribution in [1.82, 2.24) is 0 Å². The zero-order chi connectivity index (χ0) is 16.9. The summed E-state index contributed by atoms with van der Waals surface area (Å²) >= 11 is 0. The molecule has 0 saturated carbocycles. The molecule has 8 nitrogen and oxygen atoms in total. The van der Waals surface area contributed by atoms with Crippen molar-refractivity contribution in [1.29, 1.82) is 0 Å². The first-order valence-electron chi connectivity index (χ1n) is 6.39. The summed E-state index contributed by atoms with van der Waals surface area (Å²) in [6.45, 7) is 3.38. The second kappa shape index (κ2) is 4.69. The first kappa shape index (κ1) is 15.2. The Bertz CT molecular complexity index is 800. The molecule has 0 amide bonds. The SMILES string of the molecule is CC(C)=C(N)C1=C(N)C(=O)c2c(N)c(N)c(N)c(N)c2C1=O. The first-order valence-corrected chi connectivity index (χ1v) is 6.39. The highest BCUT2D eigenvalue weighted by Crippen LogP contribution is 2.41. The fourth-order valence-electron chi connectivity index (χ4n) is 2.31. The number of fused-ring (bicyclic) bond motifs is 1. The molecule has 0 heterocycles. The highest BCUT2D eigenvalue weighted by atomic mass is 16.1. The van der Waals surface area contributed by atoms with Gasteiger partial charge in [0.1, 0.15) is 0 Å². The Morgan fingerprint density at radius 2 is 1.14 bits per heavy atom. The molecule has 2 rings (SSSR count). The van der Waals surface area contributed by atoms with Crippen molar-refractivity contribution < 1.29 is 9.59 Å². The molecule has 0 bridgehead atoms. The molecule has 1 aliphatic carbocycles. The molecule has 0 spiro atoms. The Balaban J connectivity index is 2.93. The molecule has 0 unspecified atom stereocenters. The van der Waals surface area contributed by atoms with Crippen LogP contribution in [0.2, 0.25) is 0 Å². The van der Waals surface area contributed by atoms with Crippen LogP contribution in [0.4, 0.5) is 22.7 Å². The number of allylic oxidation sites excluding steroid dienone is 3. The summed E-state index contributed by atoms with van der Waals surface area (Å²) in [5.74, 6) is -1.24. The molecule has 0 radical (unpaired) electrons. The zero-order valence-corrected chi connectivity index (χ0v) is 12.3. The van der Waals surface area contributed by atoms with E-state index >= 15 is 0 Å². The van der Waals surface area contributed by atoms with E-state index in [2.05, 4.69) is 0 Å². The van der Waals surface area contributed by atoms with Gasteiger partial charge in [-0.15, -0.1) is 0 Å². The van der Waals surface area contributed by atoms with Crippen LogP contribution >= 0.6 is 0 Å². The van der Waals surface area contributed by atoms with Crippen molar-refractivity contribution in [2.24, 2.45) is 11.5 Å². The minimum absolute atomic E-state index is 0.0482. The minimum atomic E-state index is -0.648. The topological polar surface area (TPSA) is 190 Å². The lowest BCUT2D eigenvalue weighted by Crippen LogP contribution is -2.31. The number of benzene rings is 1. The normalized spacial score (nSPS) is 14.1. The average Bonchev–Trinajstić information content (AvgIpc) is 2.46. The predicted molar refractivity (Wildman–Crippen MR) is 86.5 cm³/mol. The van der Waals surface area contributed by atoms with Crippen LogP contribution in [0.15, 0.2) is 22.5 Å². The van der Waals surface area contributed by atoms with Gasteiger partial charge in [0.05, 0.1) is 45.1 Å². The third-order valence-electron chi connectivity index (χ3n) is 3.66. The number of hydrogen-bond donors (Lipinski definition) is 6. The van der Waals surface area contributed by atoms with Gasteiger partial charge in [0, 0.05) is 5.70 Å². The van der Waals surface area contributed by atoms with Crippen molar-refractivity contribution in [3.8, 4) is 0 Å². The average molecular weight is 302 g/mol. The third-order valence-corrected chi connectivity index (χ3v) is 3.66. The van der Waals surface area contributed by atoms with Gasteiger partial charge in [-0.1, -0.05) is 5.57 Å². The first-order chi connectivity index (χ1) is 10.1. The summed E-state index contributed by atoms with van der Waals surface area (Å²) in [4.78, 5) is 25.2. The quantitative estimate of drug-likeness (QED) is 0.386. The van der Waals surface area contributed by atoms with Crippen LogP contribution in [0, 0.1) is 0 Å². The predicted octanol–water partition coefficient (Wildman–Crippen LogP) is -0.140. The van der Waals surface area contributed by atoms with Gasteiger partial charge < -0.3 is 34.4 Å². The molecular weight excluding hydrogens is 284 g/mol. The summed E-state index contributed by atoms with van der Waals surface area (Å²) in [7, 11) is 0. The van der Waals surface area contributed by atoms with E-state index in [1.165, 1.54) is 0 Å². The maximum Gasteiger partial charge on any atom is 0.212 e. The molecule has 0 atom stereocenters. The number of rotatable bonds is 1. The summed E-state index contributed by atoms with van der Waals surface area (Å²) in [5.41, 5.74) is 34.6. The van der Waals surface area contributed by atoms with E-state index in [1.54, 1.807) is 13.8 Å². The highest BCUT2D eigenvalue weighted by molar-refractivity contribution is 6.33. The van der Waals surface area contributed by atoms with Crippen LogP contribution in [-0.2, 0) is 0 Å². The molecule has 12 N–H and O–H groups in total. The Morgan fingerprint density at radius 1 is 0.727 bits per heavy atom. The molecule has 0 fully saturated rings. The monoisotopic (exact) mass is 302 g/mol. The van der Waals surface area contributed by atoms with Gasteiger partial charge in [-0.3, -0.25) is 9.59 Å². The largest absolute Gasteiger partial charge is 0.398 e. The number of nitrogens with two attached hydrogens (primary N) is 6. The summed E-state index contributed by atoms with van der Waals surface area (Å²) in [6, 6.07) is 0. The van der Waals surface area contributed by atoms with E-state index in [4.69, 9.17) is 34.4 Å². The molecule has 0 aliphatic heterocycles. The number of ketones is 2. The summed E-state index contributed by atoms with van der Waals surface area (Å²) < 4.78 is 0. The van der Waals surface area contributed by atoms with Crippen molar-refractivity contribution >= 4 is 34.3 Å². The highest BCUT2D eigenvalue weighted by Gasteiger charge is 2.37. The molecule has 1 aromatic carbocycles. The van der Waals surface area contributed by atoms with Gasteiger partial charge in [0.25, 0.3) is 0 Å². The Labute approximate surface area is 126 Å². The molecule has 0 aromatic heterocycles. The minimum Gasteiger partial charge on any atom is -0.398 e. The number of carbonyl (C=O) groups excluding carboxylic acids is 2. The van der Waals surface area contributed by atoms with Crippen molar-refractivity contribution in [2.45, 2.75) is 13.8 Å². The zero-order valence-electron chi connectivity index (χ0n) is 12.3. The van der Waals surface area contributed by atoms with Gasteiger partial charge in [-0.25, -0.2) is 0 Å². The van der Waals surface area contributed by atoms with Crippen LogP contribution in [-0.4, -0.2) is 11.6 Å². The molecule has 8 heteroatoms. The van der Waals surface area contributed by atoms with Gasteiger partial charge in [-0.2, -0.15) is 0 Å². The van der Waals surface area contributed by atoms with Crippen LogP contribution in [0.1, 0.15) is 34.6 Å². The van der Waals surface area contributed by atoms with E-state index in [0.717, 1.165) is 0 Å². The smallest absolute Gasteiger partial charge is 0.212 e. The van der Waals surface area contributed by atoms with Crippen molar-refractivity contribution in [2.75, 3.05) is 22.9 Å². The Hall–Kier alpha value is -3.16. The van der Waals surface area contributed by atoms with Gasteiger partial charge in [0.2, 0.25) is 5.78 Å². The lowest BCUT2D eigenvalue weighted by Gasteiger charge is -2.24. The molecule has 1 aliphatic rings. The second-order valence-electron chi connectivity index (χ2n) is 5.27. The van der Waals surface area contributed by atoms with Gasteiger partial charge in [-0.05, 0) is 13.8 Å². The number of anilines is 4. The standard InChI is InChI=1S/C14H18N6O2/c1-3(2)7(15)6-10(18)14(22)5-4(13(6)21)8(16)11(19)12(20)9(5)17/h15-20H2,1-2H3. The van der Waals surface area contributed by atoms with Crippen molar-refractivity contribution in [3.63, 3.8) is 0 Å². The van der Waals surface area contributed by atoms with Crippen molar-refractivity contribution in [3.05, 3.63) is 33.7 Å². The lowest BCUT2D eigenvalue weighted by atomic mass is 9.82. The number of hydrogen-bond acceptors (Lipinski definition) is 8. The maximum absolute atomic E-state index is 12.7. The van der Waals surface area contributed by atoms with Gasteiger partial charge in [0.15, 0.2) is 5.78 Å². The third kappa shape index (κ3) is 1.77. The number of nitrogen functional groups attached to an aromatic ring is 4. The van der Waals surface area contributed by atoms with Crippen LogP contribution in [0.5, 0.6) is 0 Å². The Kier molecular flexibility index (Phi) is 3.25. The Morgan fingerprint density at radius 3 is 1.55 bits per heavy atom.